The van der Waals surface area contributed by atoms with Gasteiger partial charge in [0, 0.05) is 31.6 Å². The van der Waals surface area contributed by atoms with Crippen molar-refractivity contribution in [3.8, 4) is 0 Å². The first-order chi connectivity index (χ1) is 10.1. The van der Waals surface area contributed by atoms with Gasteiger partial charge in [-0.05, 0) is 12.5 Å². The zero-order valence-corrected chi connectivity index (χ0v) is 12.2. The lowest BCUT2D eigenvalue weighted by Gasteiger charge is -2.19. The third kappa shape index (κ3) is 2.80. The van der Waals surface area contributed by atoms with Crippen LogP contribution < -0.4 is 4.72 Å². The molecule has 2 aromatic heterocycles. The van der Waals surface area contributed by atoms with E-state index in [1.54, 1.807) is 18.5 Å². The van der Waals surface area contributed by atoms with Crippen LogP contribution in [0.3, 0.4) is 0 Å². The SMILES string of the molecule is Cn1nncc1S(=O)(=O)N[C@H]1CCO[C@@H]1c1cccnc1. The van der Waals surface area contributed by atoms with Crippen LogP contribution in [0.4, 0.5) is 0 Å². The summed E-state index contributed by atoms with van der Waals surface area (Å²) in [5.74, 6) is 0. The predicted molar refractivity (Wildman–Crippen MR) is 72.7 cm³/mol. The molecule has 21 heavy (non-hydrogen) atoms. The van der Waals surface area contributed by atoms with E-state index >= 15 is 0 Å². The molecule has 1 fully saturated rings. The zero-order valence-electron chi connectivity index (χ0n) is 11.4. The number of aryl methyl sites for hydroxylation is 1. The highest BCUT2D eigenvalue weighted by atomic mass is 32.2. The Kier molecular flexibility index (Phi) is 3.70. The standard InChI is InChI=1S/C12H15N5O3S/c1-17-11(8-14-16-17)21(18,19)15-10-4-6-20-12(10)9-3-2-5-13-7-9/h2-3,5,7-8,10,12,15H,4,6H2,1H3/t10-,12+/m0/s1. The molecule has 0 spiro atoms. The molecule has 0 unspecified atom stereocenters. The van der Waals surface area contributed by atoms with Gasteiger partial charge >= 0.3 is 0 Å². The van der Waals surface area contributed by atoms with Crippen LogP contribution in [0.5, 0.6) is 0 Å². The molecule has 3 rings (SSSR count). The third-order valence-corrected chi connectivity index (χ3v) is 4.89. The lowest BCUT2D eigenvalue weighted by Crippen LogP contribution is -2.37. The van der Waals surface area contributed by atoms with Gasteiger partial charge in [0.15, 0.2) is 5.03 Å². The molecule has 1 aliphatic rings. The lowest BCUT2D eigenvalue weighted by molar-refractivity contribution is 0.102. The van der Waals surface area contributed by atoms with E-state index in [2.05, 4.69) is 20.0 Å². The van der Waals surface area contributed by atoms with E-state index in [1.165, 1.54) is 17.9 Å². The first kappa shape index (κ1) is 14.1. The fraction of sp³-hybridized carbons (Fsp3) is 0.417. The highest BCUT2D eigenvalue weighted by Crippen LogP contribution is 2.29. The van der Waals surface area contributed by atoms with Crippen molar-refractivity contribution in [2.75, 3.05) is 6.61 Å². The molecule has 0 radical (unpaired) electrons. The van der Waals surface area contributed by atoms with Crippen LogP contribution in [0.2, 0.25) is 0 Å². The van der Waals surface area contributed by atoms with Crippen molar-refractivity contribution in [1.29, 1.82) is 0 Å². The van der Waals surface area contributed by atoms with Crippen molar-refractivity contribution in [1.82, 2.24) is 24.7 Å². The van der Waals surface area contributed by atoms with Crippen LogP contribution in [0, 0.1) is 0 Å². The van der Waals surface area contributed by atoms with E-state index in [0.717, 1.165) is 5.56 Å². The van der Waals surface area contributed by atoms with Crippen LogP contribution in [0.1, 0.15) is 18.1 Å². The summed E-state index contributed by atoms with van der Waals surface area (Å²) in [5.41, 5.74) is 0.853. The van der Waals surface area contributed by atoms with Gasteiger partial charge in [-0.15, -0.1) is 5.10 Å². The van der Waals surface area contributed by atoms with Crippen molar-refractivity contribution in [3.05, 3.63) is 36.3 Å². The Hall–Kier alpha value is -1.84. The predicted octanol–water partition coefficient (Wildman–Crippen LogP) is 0.0186. The minimum Gasteiger partial charge on any atom is -0.372 e. The van der Waals surface area contributed by atoms with Gasteiger partial charge in [0.05, 0.1) is 12.2 Å². The fourth-order valence-corrected chi connectivity index (χ4v) is 3.70. The molecular weight excluding hydrogens is 294 g/mol. The maximum Gasteiger partial charge on any atom is 0.259 e. The van der Waals surface area contributed by atoms with E-state index < -0.39 is 10.0 Å². The van der Waals surface area contributed by atoms with Gasteiger partial charge in [0.25, 0.3) is 10.0 Å². The zero-order chi connectivity index (χ0) is 14.9. The second kappa shape index (κ2) is 5.51. The number of ether oxygens (including phenoxy) is 1. The Labute approximate surface area is 122 Å². The van der Waals surface area contributed by atoms with E-state index in [1.807, 2.05) is 6.07 Å². The normalized spacial score (nSPS) is 22.5. The molecule has 1 aliphatic heterocycles. The molecular formula is C12H15N5O3S. The largest absolute Gasteiger partial charge is 0.372 e. The molecule has 0 amide bonds. The first-order valence-electron chi connectivity index (χ1n) is 6.46. The summed E-state index contributed by atoms with van der Waals surface area (Å²) in [6.07, 6.45) is 4.83. The first-order valence-corrected chi connectivity index (χ1v) is 7.95. The summed E-state index contributed by atoms with van der Waals surface area (Å²) < 4.78 is 34.3. The minimum atomic E-state index is -3.68. The van der Waals surface area contributed by atoms with Crippen LogP contribution in [-0.4, -0.2) is 41.0 Å². The summed E-state index contributed by atoms with van der Waals surface area (Å²) in [7, 11) is -2.15. The number of rotatable bonds is 4. The van der Waals surface area contributed by atoms with Gasteiger partial charge in [-0.2, -0.15) is 0 Å². The number of nitrogens with zero attached hydrogens (tertiary/aromatic N) is 4. The molecule has 1 saturated heterocycles. The quantitative estimate of drug-likeness (QED) is 0.854. The molecule has 0 aliphatic carbocycles. The Morgan fingerprint density at radius 1 is 1.43 bits per heavy atom. The molecule has 0 aromatic carbocycles. The average molecular weight is 309 g/mol. The molecule has 8 nitrogen and oxygen atoms in total. The van der Waals surface area contributed by atoms with Crippen molar-refractivity contribution in [3.63, 3.8) is 0 Å². The Morgan fingerprint density at radius 2 is 2.29 bits per heavy atom. The number of aromatic nitrogens is 4. The summed E-state index contributed by atoms with van der Waals surface area (Å²) in [6.45, 7) is 0.496. The van der Waals surface area contributed by atoms with Crippen LogP contribution in [0.25, 0.3) is 0 Å². The average Bonchev–Trinajstić information content (AvgIpc) is 3.08. The lowest BCUT2D eigenvalue weighted by atomic mass is 10.1. The third-order valence-electron chi connectivity index (χ3n) is 3.36. The number of sulfonamides is 1. The van der Waals surface area contributed by atoms with Crippen molar-refractivity contribution in [2.24, 2.45) is 7.05 Å². The van der Waals surface area contributed by atoms with E-state index in [9.17, 15) is 8.42 Å². The maximum atomic E-state index is 12.4. The second-order valence-electron chi connectivity index (χ2n) is 4.79. The molecule has 3 heterocycles. The number of hydrogen-bond acceptors (Lipinski definition) is 6. The number of pyridine rings is 1. The monoisotopic (exact) mass is 309 g/mol. The van der Waals surface area contributed by atoms with Crippen molar-refractivity contribution in [2.45, 2.75) is 23.6 Å². The van der Waals surface area contributed by atoms with Crippen molar-refractivity contribution < 1.29 is 13.2 Å². The Bertz CT molecular complexity index is 716. The van der Waals surface area contributed by atoms with Crippen LogP contribution >= 0.6 is 0 Å². The summed E-state index contributed by atoms with van der Waals surface area (Å²) in [5, 5.41) is 7.26. The van der Waals surface area contributed by atoms with Crippen LogP contribution in [-0.2, 0) is 21.8 Å². The fourth-order valence-electron chi connectivity index (χ4n) is 2.37. The smallest absolute Gasteiger partial charge is 0.259 e. The van der Waals surface area contributed by atoms with Gasteiger partial charge < -0.3 is 4.74 Å². The molecule has 2 aromatic rings. The van der Waals surface area contributed by atoms with Crippen molar-refractivity contribution >= 4 is 10.0 Å². The van der Waals surface area contributed by atoms with E-state index in [0.29, 0.717) is 13.0 Å². The van der Waals surface area contributed by atoms with E-state index in [-0.39, 0.29) is 17.2 Å². The highest BCUT2D eigenvalue weighted by Gasteiger charge is 2.34. The second-order valence-corrected chi connectivity index (χ2v) is 6.45. The molecule has 112 valence electrons. The van der Waals surface area contributed by atoms with Gasteiger partial charge in [0.1, 0.15) is 6.10 Å². The summed E-state index contributed by atoms with van der Waals surface area (Å²) in [4.78, 5) is 4.04. The maximum absolute atomic E-state index is 12.4. The molecule has 0 bridgehead atoms. The summed E-state index contributed by atoms with van der Waals surface area (Å²) in [6, 6.07) is 3.33. The molecule has 2 atom stereocenters. The van der Waals surface area contributed by atoms with Gasteiger partial charge in [-0.3, -0.25) is 4.98 Å². The Morgan fingerprint density at radius 3 is 2.95 bits per heavy atom. The Balaban J connectivity index is 1.83. The molecule has 0 saturated carbocycles. The van der Waals surface area contributed by atoms with Gasteiger partial charge in [0.2, 0.25) is 0 Å². The van der Waals surface area contributed by atoms with Crippen LogP contribution in [0.15, 0.2) is 35.7 Å². The summed E-state index contributed by atoms with van der Waals surface area (Å²) >= 11 is 0. The number of hydrogen-bond donors (Lipinski definition) is 1. The van der Waals surface area contributed by atoms with E-state index in [4.69, 9.17) is 4.74 Å². The number of nitrogens with one attached hydrogen (secondary N) is 1. The minimum absolute atomic E-state index is 0.0272. The molecule has 1 N–H and O–H groups in total. The van der Waals surface area contributed by atoms with Gasteiger partial charge in [-0.25, -0.2) is 17.8 Å². The highest BCUT2D eigenvalue weighted by molar-refractivity contribution is 7.89. The molecule has 9 heteroatoms. The van der Waals surface area contributed by atoms with Gasteiger partial charge in [-0.1, -0.05) is 11.3 Å². The topological polar surface area (TPSA) is 99.0 Å².